The molecule has 1 N–H and O–H groups in total. The Labute approximate surface area is 57.3 Å². The van der Waals surface area contributed by atoms with Crippen LogP contribution < -0.4 is 5.48 Å². The van der Waals surface area contributed by atoms with Gasteiger partial charge in [0.05, 0.1) is 6.61 Å². The van der Waals surface area contributed by atoms with E-state index in [4.69, 9.17) is 0 Å². The minimum atomic E-state index is -3.37. The van der Waals surface area contributed by atoms with E-state index in [0.717, 1.165) is 0 Å². The molecule has 60 valence electrons. The molecule has 0 aromatic heterocycles. The van der Waals surface area contributed by atoms with Gasteiger partial charge in [0, 0.05) is 6.92 Å². The highest BCUT2D eigenvalue weighted by Crippen LogP contribution is 2.10. The van der Waals surface area contributed by atoms with E-state index in [2.05, 4.69) is 4.84 Å². The lowest BCUT2D eigenvalue weighted by Crippen LogP contribution is -2.37. The molecule has 0 aliphatic rings. The molecule has 0 unspecified atom stereocenters. The summed E-state index contributed by atoms with van der Waals surface area (Å²) in [5.74, 6) is -4.79. The maximum Gasteiger partial charge on any atom is 0.324 e. The highest BCUT2D eigenvalue weighted by atomic mass is 19.3. The number of hydrogen-bond donors (Lipinski definition) is 1. The molecule has 5 heteroatoms. The van der Waals surface area contributed by atoms with Crippen LogP contribution in [0.2, 0.25) is 0 Å². The van der Waals surface area contributed by atoms with Crippen molar-refractivity contribution in [3.8, 4) is 0 Å². The Morgan fingerprint density at radius 2 is 2.20 bits per heavy atom. The minimum absolute atomic E-state index is 0.168. The second kappa shape index (κ2) is 3.46. The van der Waals surface area contributed by atoms with Crippen LogP contribution in [0.3, 0.4) is 0 Å². The number of carbonyl (C=O) groups is 1. The smallest absolute Gasteiger partial charge is 0.274 e. The fourth-order valence-electron chi connectivity index (χ4n) is 0.227. The third-order valence-corrected chi connectivity index (χ3v) is 0.708. The molecular weight excluding hydrogens is 144 g/mol. The van der Waals surface area contributed by atoms with E-state index in [1.165, 1.54) is 0 Å². The molecule has 0 aromatic carbocycles. The average molecular weight is 153 g/mol. The molecule has 0 spiro atoms. The zero-order valence-electron chi connectivity index (χ0n) is 5.78. The Hall–Kier alpha value is -0.710. The van der Waals surface area contributed by atoms with E-state index in [9.17, 15) is 13.6 Å². The largest absolute Gasteiger partial charge is 0.324 e. The van der Waals surface area contributed by atoms with Gasteiger partial charge in [0.1, 0.15) is 0 Å². The van der Waals surface area contributed by atoms with Crippen LogP contribution >= 0.6 is 0 Å². The van der Waals surface area contributed by atoms with Crippen LogP contribution in [0.15, 0.2) is 0 Å². The SMILES string of the molecule is CCONC(=O)C(C)(F)F. The summed E-state index contributed by atoms with van der Waals surface area (Å²) in [7, 11) is 0. The van der Waals surface area contributed by atoms with Gasteiger partial charge in [-0.15, -0.1) is 0 Å². The van der Waals surface area contributed by atoms with Gasteiger partial charge < -0.3 is 0 Å². The molecule has 1 amide bonds. The van der Waals surface area contributed by atoms with Crippen molar-refractivity contribution in [3.63, 3.8) is 0 Å². The predicted octanol–water partition coefficient (Wildman–Crippen LogP) is 0.709. The van der Waals surface area contributed by atoms with Crippen molar-refractivity contribution in [2.24, 2.45) is 0 Å². The minimum Gasteiger partial charge on any atom is -0.274 e. The van der Waals surface area contributed by atoms with Crippen LogP contribution in [0.5, 0.6) is 0 Å². The molecular formula is C5H9F2NO2. The van der Waals surface area contributed by atoms with Crippen LogP contribution in [-0.2, 0) is 9.63 Å². The molecule has 0 fully saturated rings. The van der Waals surface area contributed by atoms with Crippen molar-refractivity contribution in [3.05, 3.63) is 0 Å². The summed E-state index contributed by atoms with van der Waals surface area (Å²) in [5.41, 5.74) is 1.58. The van der Waals surface area contributed by atoms with Crippen molar-refractivity contribution >= 4 is 5.91 Å². The van der Waals surface area contributed by atoms with Crippen molar-refractivity contribution in [1.82, 2.24) is 5.48 Å². The molecule has 0 rings (SSSR count). The fraction of sp³-hybridized carbons (Fsp3) is 0.800. The summed E-state index contributed by atoms with van der Waals surface area (Å²) < 4.78 is 23.9. The van der Waals surface area contributed by atoms with Crippen LogP contribution in [0.4, 0.5) is 8.78 Å². The van der Waals surface area contributed by atoms with E-state index in [-0.39, 0.29) is 6.61 Å². The van der Waals surface area contributed by atoms with Crippen LogP contribution in [0.25, 0.3) is 0 Å². The molecule has 0 atom stereocenters. The first-order valence-corrected chi connectivity index (χ1v) is 2.78. The summed E-state index contributed by atoms with van der Waals surface area (Å²) >= 11 is 0. The Kier molecular flexibility index (Phi) is 3.21. The molecule has 0 heterocycles. The lowest BCUT2D eigenvalue weighted by atomic mass is 10.4. The quantitative estimate of drug-likeness (QED) is 0.606. The highest BCUT2D eigenvalue weighted by molar-refractivity contribution is 5.81. The van der Waals surface area contributed by atoms with Gasteiger partial charge >= 0.3 is 11.8 Å². The predicted molar refractivity (Wildman–Crippen MR) is 30.4 cm³/mol. The lowest BCUT2D eigenvalue weighted by molar-refractivity contribution is -0.156. The van der Waals surface area contributed by atoms with E-state index >= 15 is 0 Å². The standard InChI is InChI=1S/C5H9F2NO2/c1-3-10-8-4(9)5(2,6)7/h3H2,1-2H3,(H,8,9). The van der Waals surface area contributed by atoms with Gasteiger partial charge in [-0.05, 0) is 6.92 Å². The Bertz CT molecular complexity index is 121. The number of nitrogens with one attached hydrogen (secondary N) is 1. The van der Waals surface area contributed by atoms with Crippen molar-refractivity contribution in [2.45, 2.75) is 19.8 Å². The van der Waals surface area contributed by atoms with Crippen LogP contribution in [-0.4, -0.2) is 18.4 Å². The van der Waals surface area contributed by atoms with Crippen molar-refractivity contribution < 1.29 is 18.4 Å². The molecule has 0 saturated heterocycles. The third-order valence-electron chi connectivity index (χ3n) is 0.708. The van der Waals surface area contributed by atoms with Gasteiger partial charge in [0.2, 0.25) is 0 Å². The normalized spacial score (nSPS) is 11.2. The second-order valence-electron chi connectivity index (χ2n) is 1.75. The van der Waals surface area contributed by atoms with Gasteiger partial charge in [-0.1, -0.05) is 0 Å². The van der Waals surface area contributed by atoms with Gasteiger partial charge in [-0.3, -0.25) is 9.63 Å². The van der Waals surface area contributed by atoms with E-state index < -0.39 is 11.8 Å². The van der Waals surface area contributed by atoms with Gasteiger partial charge in [0.25, 0.3) is 0 Å². The molecule has 0 saturated carbocycles. The Balaban J connectivity index is 3.64. The molecule has 10 heavy (non-hydrogen) atoms. The van der Waals surface area contributed by atoms with Gasteiger partial charge in [0.15, 0.2) is 0 Å². The van der Waals surface area contributed by atoms with E-state index in [1.54, 1.807) is 12.4 Å². The van der Waals surface area contributed by atoms with Crippen molar-refractivity contribution in [1.29, 1.82) is 0 Å². The first-order valence-electron chi connectivity index (χ1n) is 2.78. The number of amides is 1. The highest BCUT2D eigenvalue weighted by Gasteiger charge is 2.32. The summed E-state index contributed by atoms with van der Waals surface area (Å²) in [6.45, 7) is 2.25. The van der Waals surface area contributed by atoms with Crippen LogP contribution in [0, 0.1) is 0 Å². The third kappa shape index (κ3) is 3.34. The number of hydroxylamine groups is 1. The van der Waals surface area contributed by atoms with Gasteiger partial charge in [-0.25, -0.2) is 5.48 Å². The fourth-order valence-corrected chi connectivity index (χ4v) is 0.227. The number of alkyl halides is 2. The zero-order chi connectivity index (χ0) is 8.20. The Morgan fingerprint density at radius 3 is 2.50 bits per heavy atom. The Morgan fingerprint density at radius 1 is 1.70 bits per heavy atom. The topological polar surface area (TPSA) is 38.3 Å². The maximum atomic E-state index is 11.9. The molecule has 0 aliphatic carbocycles. The monoisotopic (exact) mass is 153 g/mol. The second-order valence-corrected chi connectivity index (χ2v) is 1.75. The summed E-state index contributed by atoms with van der Waals surface area (Å²) in [4.78, 5) is 14.5. The number of halogens is 2. The van der Waals surface area contributed by atoms with Crippen molar-refractivity contribution in [2.75, 3.05) is 6.61 Å². The van der Waals surface area contributed by atoms with E-state index in [0.29, 0.717) is 6.92 Å². The summed E-state index contributed by atoms with van der Waals surface area (Å²) in [5, 5.41) is 0. The molecule has 0 bridgehead atoms. The maximum absolute atomic E-state index is 11.9. The molecule has 3 nitrogen and oxygen atoms in total. The lowest BCUT2D eigenvalue weighted by Gasteiger charge is -2.08. The van der Waals surface area contributed by atoms with E-state index in [1.807, 2.05) is 0 Å². The van der Waals surface area contributed by atoms with Crippen LogP contribution in [0.1, 0.15) is 13.8 Å². The molecule has 0 aromatic rings. The number of rotatable bonds is 3. The average Bonchev–Trinajstić information content (AvgIpc) is 1.80. The summed E-state index contributed by atoms with van der Waals surface area (Å²) in [6, 6.07) is 0. The molecule has 0 radical (unpaired) electrons. The number of carbonyl (C=O) groups excluding carboxylic acids is 1. The molecule has 0 aliphatic heterocycles. The summed E-state index contributed by atoms with van der Waals surface area (Å²) in [6.07, 6.45) is 0. The first-order chi connectivity index (χ1) is 4.48. The van der Waals surface area contributed by atoms with Gasteiger partial charge in [-0.2, -0.15) is 8.78 Å². The zero-order valence-corrected chi connectivity index (χ0v) is 5.78. The first kappa shape index (κ1) is 9.29. The number of hydrogen-bond acceptors (Lipinski definition) is 2.